The van der Waals surface area contributed by atoms with Gasteiger partial charge in [0.25, 0.3) is 0 Å². The Morgan fingerprint density at radius 1 is 0.815 bits per heavy atom. The molecule has 27 heavy (non-hydrogen) atoms. The Morgan fingerprint density at radius 3 is 1.37 bits per heavy atom. The molecule has 0 amide bonds. The summed E-state index contributed by atoms with van der Waals surface area (Å²) in [5.74, 6) is -2.17. The molecule has 0 spiro atoms. The Hall–Kier alpha value is -3.26. The van der Waals surface area contributed by atoms with Crippen molar-refractivity contribution in [3.63, 3.8) is 0 Å². The van der Waals surface area contributed by atoms with Gasteiger partial charge in [0.2, 0.25) is 0 Å². The fourth-order valence-electron chi connectivity index (χ4n) is 1.42. The smallest absolute Gasteiger partial charge is 0.330 e. The highest BCUT2D eigenvalue weighted by Crippen LogP contribution is 2.19. The first-order valence-electron chi connectivity index (χ1n) is 7.76. The summed E-state index contributed by atoms with van der Waals surface area (Å²) < 4.78 is 14.5. The van der Waals surface area contributed by atoms with E-state index in [4.69, 9.17) is 14.2 Å². The number of aliphatic hydroxyl groups excluding tert-OH is 1. The second kappa shape index (κ2) is 14.0. The largest absolute Gasteiger partial charge is 0.462 e. The van der Waals surface area contributed by atoms with E-state index < -0.39 is 29.9 Å². The van der Waals surface area contributed by atoms with E-state index in [1.807, 2.05) is 18.2 Å². The normalized spacial score (nSPS) is 9.67. The molecule has 0 aliphatic heterocycles. The Bertz CT molecular complexity index is 542. The number of esters is 3. The number of aliphatic hydroxyl groups is 1. The zero-order valence-corrected chi connectivity index (χ0v) is 14.9. The Morgan fingerprint density at radius 2 is 1.19 bits per heavy atom. The van der Waals surface area contributed by atoms with Crippen LogP contribution < -0.4 is 0 Å². The summed E-state index contributed by atoms with van der Waals surface area (Å²) in [7, 11) is 0. The molecule has 0 unspecified atom stereocenters. The van der Waals surface area contributed by atoms with Gasteiger partial charge in [-0.15, -0.1) is 0 Å². The van der Waals surface area contributed by atoms with E-state index in [1.165, 1.54) is 0 Å². The number of pyridine rings is 1. The molecule has 0 radical (unpaired) electrons. The number of nitrogens with zero attached hydrogens (tertiary/aromatic N) is 1. The van der Waals surface area contributed by atoms with Gasteiger partial charge in [0.05, 0.1) is 12.0 Å². The summed E-state index contributed by atoms with van der Waals surface area (Å²) >= 11 is 0. The predicted molar refractivity (Wildman–Crippen MR) is 97.2 cm³/mol. The molecule has 0 bridgehead atoms. The van der Waals surface area contributed by atoms with Crippen molar-refractivity contribution in [3.05, 3.63) is 68.6 Å². The Kier molecular flexibility index (Phi) is 12.3. The number of ether oxygens (including phenoxy) is 3. The fraction of sp³-hybridized carbons (Fsp3) is 0.263. The molecule has 0 aromatic carbocycles. The van der Waals surface area contributed by atoms with Gasteiger partial charge in [-0.05, 0) is 12.1 Å². The molecule has 0 aliphatic carbocycles. The summed E-state index contributed by atoms with van der Waals surface area (Å²) in [4.78, 5) is 37.1. The first-order valence-corrected chi connectivity index (χ1v) is 7.76. The SMILES string of the molecule is C=CC(=O)OCC(CO)(COC(=O)C=C)COC(=O)C=C.c1ccncc1. The van der Waals surface area contributed by atoms with E-state index in [9.17, 15) is 19.5 Å². The molecule has 0 saturated heterocycles. The minimum Gasteiger partial charge on any atom is -0.462 e. The van der Waals surface area contributed by atoms with Gasteiger partial charge in [-0.2, -0.15) is 0 Å². The Labute approximate surface area is 157 Å². The van der Waals surface area contributed by atoms with Gasteiger partial charge in [-0.1, -0.05) is 25.8 Å². The second-order valence-corrected chi connectivity index (χ2v) is 5.12. The first kappa shape index (κ1) is 23.7. The standard InChI is InChI=1S/C14H18O7.C5H5N/c1-4-11(16)19-8-14(7-15,9-20-12(17)5-2)10-21-13(18)6-3;1-2-4-6-5-3-1/h4-6,15H,1-3,7-10H2;1-5H. The number of carbonyl (C=O) groups is 3. The molecular formula is C19H23NO7. The van der Waals surface area contributed by atoms with Crippen LogP contribution in [0.2, 0.25) is 0 Å². The van der Waals surface area contributed by atoms with Crippen molar-refractivity contribution in [2.24, 2.45) is 5.41 Å². The number of carbonyl (C=O) groups excluding carboxylic acids is 3. The minimum atomic E-state index is -1.28. The molecule has 0 atom stereocenters. The predicted octanol–water partition coefficient (Wildman–Crippen LogP) is 1.23. The van der Waals surface area contributed by atoms with E-state index in [0.717, 1.165) is 18.2 Å². The fourth-order valence-corrected chi connectivity index (χ4v) is 1.42. The zero-order valence-electron chi connectivity index (χ0n) is 14.9. The van der Waals surface area contributed by atoms with E-state index in [-0.39, 0.29) is 19.8 Å². The first-order chi connectivity index (χ1) is 12.9. The summed E-state index contributed by atoms with van der Waals surface area (Å²) in [6.45, 7) is 8.14. The lowest BCUT2D eigenvalue weighted by molar-refractivity contribution is -0.159. The van der Waals surface area contributed by atoms with Crippen LogP contribution in [-0.2, 0) is 28.6 Å². The van der Waals surface area contributed by atoms with Crippen molar-refractivity contribution in [2.75, 3.05) is 26.4 Å². The quantitative estimate of drug-likeness (QED) is 0.368. The molecule has 0 aliphatic rings. The highest BCUT2D eigenvalue weighted by molar-refractivity contribution is 5.82. The van der Waals surface area contributed by atoms with Gasteiger partial charge < -0.3 is 19.3 Å². The number of hydrogen-bond acceptors (Lipinski definition) is 8. The van der Waals surface area contributed by atoms with Crippen molar-refractivity contribution in [2.45, 2.75) is 0 Å². The maximum absolute atomic E-state index is 11.1. The summed E-state index contributed by atoms with van der Waals surface area (Å²) in [6, 6.07) is 5.72. The van der Waals surface area contributed by atoms with Gasteiger partial charge in [0.1, 0.15) is 19.8 Å². The number of hydrogen-bond donors (Lipinski definition) is 1. The number of aromatic nitrogens is 1. The molecule has 1 heterocycles. The summed E-state index contributed by atoms with van der Waals surface area (Å²) in [5, 5.41) is 9.48. The number of rotatable bonds is 10. The molecule has 8 nitrogen and oxygen atoms in total. The Balaban J connectivity index is 0.000000941. The average Bonchev–Trinajstić information content (AvgIpc) is 2.74. The van der Waals surface area contributed by atoms with Crippen molar-refractivity contribution >= 4 is 17.9 Å². The highest BCUT2D eigenvalue weighted by atomic mass is 16.6. The topological polar surface area (TPSA) is 112 Å². The van der Waals surface area contributed by atoms with Crippen LogP contribution in [-0.4, -0.2) is 54.4 Å². The van der Waals surface area contributed by atoms with E-state index >= 15 is 0 Å². The van der Waals surface area contributed by atoms with Crippen LogP contribution in [0.5, 0.6) is 0 Å². The maximum Gasteiger partial charge on any atom is 0.330 e. The molecule has 1 rings (SSSR count). The second-order valence-electron chi connectivity index (χ2n) is 5.12. The summed E-state index contributed by atoms with van der Waals surface area (Å²) in [6.07, 6.45) is 6.31. The summed E-state index contributed by atoms with van der Waals surface area (Å²) in [5.41, 5.74) is -1.28. The van der Waals surface area contributed by atoms with Crippen LogP contribution in [0.15, 0.2) is 68.6 Å². The lowest BCUT2D eigenvalue weighted by atomic mass is 9.92. The molecule has 0 saturated carbocycles. The van der Waals surface area contributed by atoms with E-state index in [2.05, 4.69) is 24.7 Å². The van der Waals surface area contributed by atoms with Crippen molar-refractivity contribution < 1.29 is 33.7 Å². The van der Waals surface area contributed by atoms with Crippen LogP contribution in [0, 0.1) is 5.41 Å². The van der Waals surface area contributed by atoms with Crippen LogP contribution in [0.4, 0.5) is 0 Å². The lowest BCUT2D eigenvalue weighted by Gasteiger charge is -2.29. The molecule has 1 aromatic heterocycles. The van der Waals surface area contributed by atoms with Crippen LogP contribution in [0.1, 0.15) is 0 Å². The zero-order chi connectivity index (χ0) is 20.5. The van der Waals surface area contributed by atoms with E-state index in [0.29, 0.717) is 0 Å². The third-order valence-electron chi connectivity index (χ3n) is 2.96. The van der Waals surface area contributed by atoms with Gasteiger partial charge >= 0.3 is 17.9 Å². The van der Waals surface area contributed by atoms with Gasteiger partial charge in [0, 0.05) is 30.6 Å². The average molecular weight is 377 g/mol. The van der Waals surface area contributed by atoms with Gasteiger partial charge in [0.15, 0.2) is 0 Å². The van der Waals surface area contributed by atoms with Gasteiger partial charge in [-0.25, -0.2) is 14.4 Å². The van der Waals surface area contributed by atoms with Crippen LogP contribution in [0.3, 0.4) is 0 Å². The minimum absolute atomic E-state index is 0.330. The maximum atomic E-state index is 11.1. The van der Waals surface area contributed by atoms with Crippen molar-refractivity contribution in [1.82, 2.24) is 4.98 Å². The molecule has 0 fully saturated rings. The third kappa shape index (κ3) is 11.1. The van der Waals surface area contributed by atoms with Crippen molar-refractivity contribution in [1.29, 1.82) is 0 Å². The molecule has 1 N–H and O–H groups in total. The molecule has 146 valence electrons. The molecule has 1 aromatic rings. The van der Waals surface area contributed by atoms with Crippen LogP contribution in [0.25, 0.3) is 0 Å². The van der Waals surface area contributed by atoms with Crippen molar-refractivity contribution in [3.8, 4) is 0 Å². The van der Waals surface area contributed by atoms with Gasteiger partial charge in [-0.3, -0.25) is 4.98 Å². The highest BCUT2D eigenvalue weighted by Gasteiger charge is 2.35. The van der Waals surface area contributed by atoms with Crippen LogP contribution >= 0.6 is 0 Å². The monoisotopic (exact) mass is 377 g/mol. The molecule has 8 heteroatoms. The van der Waals surface area contributed by atoms with E-state index in [1.54, 1.807) is 12.4 Å². The molecular weight excluding hydrogens is 354 g/mol. The third-order valence-corrected chi connectivity index (χ3v) is 2.96. The lowest BCUT2D eigenvalue weighted by Crippen LogP contribution is -2.42.